The Morgan fingerprint density at radius 1 is 1.14 bits per heavy atom. The van der Waals surface area contributed by atoms with E-state index in [2.05, 4.69) is 37.4 Å². The highest BCUT2D eigenvalue weighted by atomic mass is 16.5. The molecule has 0 radical (unpaired) electrons. The lowest BCUT2D eigenvalue weighted by Gasteiger charge is -2.26. The zero-order valence-corrected chi connectivity index (χ0v) is 13.4. The average molecular weight is 294 g/mol. The molecule has 22 heavy (non-hydrogen) atoms. The quantitative estimate of drug-likeness (QED) is 0.884. The fraction of sp³-hybridized carbons (Fsp3) is 0.316. The van der Waals surface area contributed by atoms with E-state index in [1.807, 2.05) is 36.4 Å². The molecule has 0 bridgehead atoms. The highest BCUT2D eigenvalue weighted by molar-refractivity contribution is 5.33. The Bertz CT molecular complexity index is 654. The molecule has 0 heterocycles. The number of nitrogens with zero attached hydrogens (tertiary/aromatic N) is 1. The van der Waals surface area contributed by atoms with Crippen molar-refractivity contribution in [1.29, 1.82) is 5.26 Å². The fourth-order valence-corrected chi connectivity index (χ4v) is 2.41. The van der Waals surface area contributed by atoms with Crippen LogP contribution in [0.15, 0.2) is 48.5 Å². The zero-order chi connectivity index (χ0) is 16.0. The van der Waals surface area contributed by atoms with E-state index < -0.39 is 0 Å². The fourth-order valence-electron chi connectivity index (χ4n) is 2.41. The zero-order valence-electron chi connectivity index (χ0n) is 13.4. The number of nitrogens with one attached hydrogen (secondary N) is 1. The van der Waals surface area contributed by atoms with E-state index in [0.717, 1.165) is 24.4 Å². The maximum atomic E-state index is 8.93. The molecule has 1 N–H and O–H groups in total. The number of rotatable bonds is 6. The average Bonchev–Trinajstić information content (AvgIpc) is 2.55. The van der Waals surface area contributed by atoms with E-state index in [-0.39, 0.29) is 5.41 Å². The summed E-state index contributed by atoms with van der Waals surface area (Å²) in [6.07, 6.45) is 0. The molecule has 0 atom stereocenters. The Balaban J connectivity index is 1.95. The minimum Gasteiger partial charge on any atom is -0.497 e. The van der Waals surface area contributed by atoms with Gasteiger partial charge in [-0.3, -0.25) is 0 Å². The Morgan fingerprint density at radius 3 is 2.50 bits per heavy atom. The molecule has 3 heteroatoms. The van der Waals surface area contributed by atoms with Crippen LogP contribution in [-0.4, -0.2) is 13.7 Å². The number of benzene rings is 2. The topological polar surface area (TPSA) is 45.0 Å². The molecule has 2 aromatic rings. The lowest BCUT2D eigenvalue weighted by Crippen LogP contribution is -2.32. The third-order valence-electron chi connectivity index (χ3n) is 3.82. The van der Waals surface area contributed by atoms with Crippen LogP contribution < -0.4 is 10.1 Å². The maximum absolute atomic E-state index is 8.93. The van der Waals surface area contributed by atoms with Crippen molar-refractivity contribution in [2.24, 2.45) is 0 Å². The SMILES string of the molecule is COc1ccc(C(C)(C)CNCc2cccc(C#N)c2)cc1. The predicted molar refractivity (Wildman–Crippen MR) is 88.9 cm³/mol. The molecule has 0 spiro atoms. The molecule has 114 valence electrons. The molecule has 0 saturated heterocycles. The summed E-state index contributed by atoms with van der Waals surface area (Å²) >= 11 is 0. The van der Waals surface area contributed by atoms with E-state index in [9.17, 15) is 0 Å². The summed E-state index contributed by atoms with van der Waals surface area (Å²) in [5.74, 6) is 0.876. The van der Waals surface area contributed by atoms with Crippen LogP contribution in [0.5, 0.6) is 5.75 Å². The highest BCUT2D eigenvalue weighted by Crippen LogP contribution is 2.24. The molecule has 3 nitrogen and oxygen atoms in total. The Labute approximate surface area is 132 Å². The van der Waals surface area contributed by atoms with Gasteiger partial charge in [-0.15, -0.1) is 0 Å². The van der Waals surface area contributed by atoms with E-state index >= 15 is 0 Å². The number of hydrogen-bond donors (Lipinski definition) is 1. The van der Waals surface area contributed by atoms with Crippen molar-refractivity contribution in [2.75, 3.05) is 13.7 Å². The van der Waals surface area contributed by atoms with Gasteiger partial charge in [0.25, 0.3) is 0 Å². The van der Waals surface area contributed by atoms with E-state index in [1.54, 1.807) is 7.11 Å². The molecule has 0 unspecified atom stereocenters. The van der Waals surface area contributed by atoms with E-state index in [0.29, 0.717) is 5.56 Å². The Kier molecular flexibility index (Phi) is 5.19. The number of hydrogen-bond acceptors (Lipinski definition) is 3. The van der Waals surface area contributed by atoms with Crippen LogP contribution in [0.2, 0.25) is 0 Å². The molecule has 0 aromatic heterocycles. The van der Waals surface area contributed by atoms with Crippen molar-refractivity contribution < 1.29 is 4.74 Å². The molecule has 2 aromatic carbocycles. The van der Waals surface area contributed by atoms with Crippen LogP contribution in [-0.2, 0) is 12.0 Å². The lowest BCUT2D eigenvalue weighted by atomic mass is 9.84. The molecular formula is C19H22N2O. The summed E-state index contributed by atoms with van der Waals surface area (Å²) in [5, 5.41) is 12.4. The van der Waals surface area contributed by atoms with Crippen molar-refractivity contribution in [3.05, 3.63) is 65.2 Å². The van der Waals surface area contributed by atoms with Crippen molar-refractivity contribution in [3.63, 3.8) is 0 Å². The van der Waals surface area contributed by atoms with Gasteiger partial charge in [0.15, 0.2) is 0 Å². The van der Waals surface area contributed by atoms with Crippen LogP contribution >= 0.6 is 0 Å². The second kappa shape index (κ2) is 7.11. The summed E-state index contributed by atoms with van der Waals surface area (Å²) in [7, 11) is 1.68. The third kappa shape index (κ3) is 4.09. The molecule has 0 aliphatic heterocycles. The van der Waals surface area contributed by atoms with Crippen LogP contribution in [0.25, 0.3) is 0 Å². The smallest absolute Gasteiger partial charge is 0.118 e. The number of methoxy groups -OCH3 is 1. The first-order valence-corrected chi connectivity index (χ1v) is 7.39. The molecule has 0 saturated carbocycles. The minimum absolute atomic E-state index is 0.0269. The first kappa shape index (κ1) is 16.1. The summed E-state index contributed by atoms with van der Waals surface area (Å²) < 4.78 is 5.20. The van der Waals surface area contributed by atoms with Crippen molar-refractivity contribution in [2.45, 2.75) is 25.8 Å². The molecule has 0 fully saturated rings. The van der Waals surface area contributed by atoms with Gasteiger partial charge in [0.1, 0.15) is 5.75 Å². The minimum atomic E-state index is 0.0269. The monoisotopic (exact) mass is 294 g/mol. The van der Waals surface area contributed by atoms with Crippen molar-refractivity contribution in [3.8, 4) is 11.8 Å². The summed E-state index contributed by atoms with van der Waals surface area (Å²) in [6.45, 7) is 6.05. The van der Waals surface area contributed by atoms with Crippen molar-refractivity contribution in [1.82, 2.24) is 5.32 Å². The predicted octanol–water partition coefficient (Wildman–Crippen LogP) is 3.63. The van der Waals surface area contributed by atoms with Gasteiger partial charge < -0.3 is 10.1 Å². The summed E-state index contributed by atoms with van der Waals surface area (Å²) in [5.41, 5.74) is 3.13. The van der Waals surface area contributed by atoms with Gasteiger partial charge in [0.05, 0.1) is 18.7 Å². The van der Waals surface area contributed by atoms with Gasteiger partial charge in [-0.05, 0) is 35.4 Å². The van der Waals surface area contributed by atoms with Crippen LogP contribution in [0, 0.1) is 11.3 Å². The maximum Gasteiger partial charge on any atom is 0.118 e. The molecule has 0 amide bonds. The molecular weight excluding hydrogens is 272 g/mol. The molecule has 0 aliphatic rings. The second-order valence-electron chi connectivity index (χ2n) is 6.03. The third-order valence-corrected chi connectivity index (χ3v) is 3.82. The first-order chi connectivity index (χ1) is 10.5. The summed E-state index contributed by atoms with van der Waals surface area (Å²) in [4.78, 5) is 0. The van der Waals surface area contributed by atoms with Crippen molar-refractivity contribution >= 4 is 0 Å². The number of ether oxygens (including phenoxy) is 1. The molecule has 0 aliphatic carbocycles. The van der Waals surface area contributed by atoms with Gasteiger partial charge >= 0.3 is 0 Å². The van der Waals surface area contributed by atoms with Gasteiger partial charge in [0, 0.05) is 18.5 Å². The van der Waals surface area contributed by atoms with Gasteiger partial charge in [-0.25, -0.2) is 0 Å². The lowest BCUT2D eigenvalue weighted by molar-refractivity contribution is 0.413. The van der Waals surface area contributed by atoms with E-state index in [4.69, 9.17) is 10.00 Å². The Hall–Kier alpha value is -2.31. The van der Waals surface area contributed by atoms with Gasteiger partial charge in [-0.2, -0.15) is 5.26 Å². The van der Waals surface area contributed by atoms with Crippen LogP contribution in [0.4, 0.5) is 0 Å². The van der Waals surface area contributed by atoms with Gasteiger partial charge in [0.2, 0.25) is 0 Å². The largest absolute Gasteiger partial charge is 0.497 e. The standard InChI is InChI=1S/C19H22N2O/c1-19(2,17-7-9-18(22-3)10-8-17)14-21-13-16-6-4-5-15(11-16)12-20/h4-11,21H,13-14H2,1-3H3. The molecule has 2 rings (SSSR count). The number of nitriles is 1. The van der Waals surface area contributed by atoms with Gasteiger partial charge in [-0.1, -0.05) is 38.1 Å². The van der Waals surface area contributed by atoms with E-state index in [1.165, 1.54) is 5.56 Å². The second-order valence-corrected chi connectivity index (χ2v) is 6.03. The first-order valence-electron chi connectivity index (χ1n) is 7.39. The van der Waals surface area contributed by atoms with Crippen LogP contribution in [0.3, 0.4) is 0 Å². The Morgan fingerprint density at radius 2 is 1.86 bits per heavy atom. The summed E-state index contributed by atoms with van der Waals surface area (Å²) in [6, 6.07) is 18.1. The van der Waals surface area contributed by atoms with Crippen LogP contribution in [0.1, 0.15) is 30.5 Å². The highest BCUT2D eigenvalue weighted by Gasteiger charge is 2.20. The normalized spacial score (nSPS) is 11.0.